The standard InChI is InChI=1S/C20H24N4O/c1-11-4-6-18-16(8-11)19(24-23-18)20(25)21-10-14-5-7-17-15(9-14)12(2)13(3)22-17/h5,7,9,11,22H,4,6,8,10H2,1-3H3,(H,21,25)(H,23,24)/t11-/m1/s1. The van der Waals surface area contributed by atoms with Gasteiger partial charge in [0, 0.05) is 34.4 Å². The number of rotatable bonds is 3. The Balaban J connectivity index is 1.51. The van der Waals surface area contributed by atoms with Crippen LogP contribution >= 0.6 is 0 Å². The van der Waals surface area contributed by atoms with Crippen molar-refractivity contribution in [2.24, 2.45) is 5.92 Å². The van der Waals surface area contributed by atoms with Gasteiger partial charge in [-0.2, -0.15) is 5.10 Å². The number of hydrogen-bond donors (Lipinski definition) is 3. The predicted molar refractivity (Wildman–Crippen MR) is 98.7 cm³/mol. The lowest BCUT2D eigenvalue weighted by molar-refractivity contribution is 0.0944. The summed E-state index contributed by atoms with van der Waals surface area (Å²) in [5, 5.41) is 11.6. The first kappa shape index (κ1) is 15.9. The maximum absolute atomic E-state index is 12.6. The Morgan fingerprint density at radius 2 is 2.20 bits per heavy atom. The molecule has 2 aromatic heterocycles. The molecule has 1 aliphatic carbocycles. The maximum atomic E-state index is 12.6. The minimum atomic E-state index is -0.0892. The highest BCUT2D eigenvalue weighted by Gasteiger charge is 2.24. The number of aromatic amines is 2. The molecule has 0 fully saturated rings. The number of benzene rings is 1. The van der Waals surface area contributed by atoms with E-state index in [-0.39, 0.29) is 5.91 Å². The van der Waals surface area contributed by atoms with E-state index >= 15 is 0 Å². The van der Waals surface area contributed by atoms with Gasteiger partial charge in [-0.15, -0.1) is 0 Å². The summed E-state index contributed by atoms with van der Waals surface area (Å²) in [5.74, 6) is 0.521. The van der Waals surface area contributed by atoms with E-state index in [9.17, 15) is 4.79 Å². The van der Waals surface area contributed by atoms with Crippen LogP contribution in [0.25, 0.3) is 10.9 Å². The molecule has 1 atom stereocenters. The summed E-state index contributed by atoms with van der Waals surface area (Å²) in [4.78, 5) is 16.0. The van der Waals surface area contributed by atoms with Crippen molar-refractivity contribution in [2.45, 2.75) is 46.6 Å². The van der Waals surface area contributed by atoms with Gasteiger partial charge in [0.25, 0.3) is 5.91 Å². The normalized spacial score (nSPS) is 16.8. The molecule has 0 spiro atoms. The molecule has 3 N–H and O–H groups in total. The largest absolute Gasteiger partial charge is 0.358 e. The van der Waals surface area contributed by atoms with Gasteiger partial charge in [0.15, 0.2) is 5.69 Å². The zero-order valence-corrected chi connectivity index (χ0v) is 15.0. The van der Waals surface area contributed by atoms with Gasteiger partial charge in [0.05, 0.1) is 0 Å². The van der Waals surface area contributed by atoms with E-state index in [2.05, 4.69) is 59.5 Å². The van der Waals surface area contributed by atoms with E-state index in [1.165, 1.54) is 16.6 Å². The first-order valence-corrected chi connectivity index (χ1v) is 8.95. The monoisotopic (exact) mass is 336 g/mol. The van der Waals surface area contributed by atoms with Crippen LogP contribution in [-0.4, -0.2) is 21.1 Å². The Labute approximate surface area is 147 Å². The minimum absolute atomic E-state index is 0.0892. The number of aromatic nitrogens is 3. The average molecular weight is 336 g/mol. The van der Waals surface area contributed by atoms with Crippen LogP contribution in [0, 0.1) is 19.8 Å². The molecule has 0 saturated heterocycles. The summed E-state index contributed by atoms with van der Waals surface area (Å²) in [6, 6.07) is 6.28. The van der Waals surface area contributed by atoms with Crippen LogP contribution in [0.2, 0.25) is 0 Å². The third-order valence-corrected chi connectivity index (χ3v) is 5.43. The van der Waals surface area contributed by atoms with E-state index in [4.69, 9.17) is 0 Å². The summed E-state index contributed by atoms with van der Waals surface area (Å²) in [6.45, 7) is 6.94. The molecule has 25 heavy (non-hydrogen) atoms. The summed E-state index contributed by atoms with van der Waals surface area (Å²) in [5.41, 5.74) is 7.48. The van der Waals surface area contributed by atoms with Gasteiger partial charge < -0.3 is 10.3 Å². The zero-order chi connectivity index (χ0) is 17.6. The fourth-order valence-corrected chi connectivity index (χ4v) is 3.74. The number of carbonyl (C=O) groups is 1. The van der Waals surface area contributed by atoms with Crippen molar-refractivity contribution in [2.75, 3.05) is 0 Å². The van der Waals surface area contributed by atoms with Crippen LogP contribution in [0.5, 0.6) is 0 Å². The van der Waals surface area contributed by atoms with E-state index in [0.29, 0.717) is 18.2 Å². The number of aryl methyl sites for hydroxylation is 3. The molecule has 4 rings (SSSR count). The van der Waals surface area contributed by atoms with Gasteiger partial charge in [-0.25, -0.2) is 0 Å². The summed E-state index contributed by atoms with van der Waals surface area (Å²) in [7, 11) is 0. The molecule has 0 saturated carbocycles. The maximum Gasteiger partial charge on any atom is 0.272 e. The molecular formula is C20H24N4O. The lowest BCUT2D eigenvalue weighted by atomic mass is 9.87. The summed E-state index contributed by atoms with van der Waals surface area (Å²) < 4.78 is 0. The van der Waals surface area contributed by atoms with Crippen molar-refractivity contribution in [1.29, 1.82) is 0 Å². The molecule has 5 heteroatoms. The Bertz CT molecular complexity index is 950. The fourth-order valence-electron chi connectivity index (χ4n) is 3.74. The lowest BCUT2D eigenvalue weighted by Gasteiger charge is -2.18. The van der Waals surface area contributed by atoms with Crippen molar-refractivity contribution >= 4 is 16.8 Å². The van der Waals surface area contributed by atoms with Crippen LogP contribution < -0.4 is 5.32 Å². The highest BCUT2D eigenvalue weighted by atomic mass is 16.1. The first-order valence-electron chi connectivity index (χ1n) is 8.95. The zero-order valence-electron chi connectivity index (χ0n) is 15.0. The Morgan fingerprint density at radius 1 is 1.36 bits per heavy atom. The highest BCUT2D eigenvalue weighted by Crippen LogP contribution is 2.26. The van der Waals surface area contributed by atoms with E-state index in [0.717, 1.165) is 41.6 Å². The molecular weight excluding hydrogens is 312 g/mol. The third kappa shape index (κ3) is 2.84. The van der Waals surface area contributed by atoms with E-state index < -0.39 is 0 Å². The molecule has 0 aliphatic heterocycles. The topological polar surface area (TPSA) is 73.6 Å². The molecule has 1 amide bonds. The Kier molecular flexibility index (Phi) is 3.86. The second kappa shape index (κ2) is 6.06. The summed E-state index contributed by atoms with van der Waals surface area (Å²) in [6.07, 6.45) is 3.08. The van der Waals surface area contributed by atoms with Gasteiger partial charge in [-0.1, -0.05) is 13.0 Å². The van der Waals surface area contributed by atoms with Crippen molar-refractivity contribution in [3.8, 4) is 0 Å². The van der Waals surface area contributed by atoms with E-state index in [1.54, 1.807) is 0 Å². The van der Waals surface area contributed by atoms with Gasteiger partial charge in [0.2, 0.25) is 0 Å². The minimum Gasteiger partial charge on any atom is -0.358 e. The number of fused-ring (bicyclic) bond motifs is 2. The van der Waals surface area contributed by atoms with Crippen LogP contribution in [0.15, 0.2) is 18.2 Å². The second-order valence-corrected chi connectivity index (χ2v) is 7.31. The van der Waals surface area contributed by atoms with E-state index in [1.807, 2.05) is 0 Å². The smallest absolute Gasteiger partial charge is 0.272 e. The molecule has 3 aromatic rings. The third-order valence-electron chi connectivity index (χ3n) is 5.43. The molecule has 1 aromatic carbocycles. The SMILES string of the molecule is Cc1[nH]c2ccc(CNC(=O)c3n[nH]c4c3C[C@H](C)CC4)cc2c1C. The number of H-pyrrole nitrogens is 2. The number of nitrogens with zero attached hydrogens (tertiary/aromatic N) is 1. The van der Waals surface area contributed by atoms with Crippen LogP contribution in [-0.2, 0) is 19.4 Å². The Hall–Kier alpha value is -2.56. The lowest BCUT2D eigenvalue weighted by Crippen LogP contribution is -2.25. The van der Waals surface area contributed by atoms with Crippen LogP contribution in [0.3, 0.4) is 0 Å². The number of nitrogens with one attached hydrogen (secondary N) is 3. The van der Waals surface area contributed by atoms with Crippen LogP contribution in [0.1, 0.15) is 51.9 Å². The summed E-state index contributed by atoms with van der Waals surface area (Å²) >= 11 is 0. The van der Waals surface area contributed by atoms with Crippen molar-refractivity contribution in [1.82, 2.24) is 20.5 Å². The second-order valence-electron chi connectivity index (χ2n) is 7.31. The number of amides is 1. The molecule has 1 aliphatic rings. The number of carbonyl (C=O) groups excluding carboxylic acids is 1. The fraction of sp³-hybridized carbons (Fsp3) is 0.400. The van der Waals surface area contributed by atoms with Gasteiger partial charge in [-0.05, 0) is 62.3 Å². The molecule has 2 heterocycles. The quantitative estimate of drug-likeness (QED) is 0.684. The molecule has 0 radical (unpaired) electrons. The Morgan fingerprint density at radius 3 is 3.04 bits per heavy atom. The predicted octanol–water partition coefficient (Wildman–Crippen LogP) is 3.56. The van der Waals surface area contributed by atoms with Gasteiger partial charge in [-0.3, -0.25) is 9.89 Å². The molecule has 0 unspecified atom stereocenters. The highest BCUT2D eigenvalue weighted by molar-refractivity contribution is 5.94. The molecule has 5 nitrogen and oxygen atoms in total. The van der Waals surface area contributed by atoms with Crippen LogP contribution in [0.4, 0.5) is 0 Å². The average Bonchev–Trinajstić information content (AvgIpc) is 3.14. The van der Waals surface area contributed by atoms with Crippen molar-refractivity contribution in [3.63, 3.8) is 0 Å². The number of hydrogen-bond acceptors (Lipinski definition) is 2. The molecule has 130 valence electrons. The van der Waals surface area contributed by atoms with Gasteiger partial charge >= 0.3 is 0 Å². The van der Waals surface area contributed by atoms with Crippen molar-refractivity contribution in [3.05, 3.63) is 52.0 Å². The molecule has 0 bridgehead atoms. The van der Waals surface area contributed by atoms with Crippen molar-refractivity contribution < 1.29 is 4.79 Å². The first-order chi connectivity index (χ1) is 12.0. The van der Waals surface area contributed by atoms with Gasteiger partial charge in [0.1, 0.15) is 0 Å².